The van der Waals surface area contributed by atoms with Crippen molar-refractivity contribution in [3.63, 3.8) is 0 Å². The first-order valence-corrected chi connectivity index (χ1v) is 8.44. The average Bonchev–Trinajstić information content (AvgIpc) is 2.84. The lowest BCUT2D eigenvalue weighted by Gasteiger charge is -2.32. The zero-order valence-electron chi connectivity index (χ0n) is 12.3. The number of likely N-dealkylation sites (N-methyl/N-ethyl adjacent to an activating group) is 1. The normalized spacial score (nSPS) is 25.1. The van der Waals surface area contributed by atoms with Gasteiger partial charge in [-0.05, 0) is 55.7 Å². The SMILES string of the molecule is CCNC1(C(=O)O)CCCC1CCSc1cccc(F)c1. The molecular formula is C16H22FNO2S. The van der Waals surface area contributed by atoms with E-state index < -0.39 is 11.5 Å². The third-order valence-electron chi connectivity index (χ3n) is 4.23. The van der Waals surface area contributed by atoms with Crippen molar-refractivity contribution in [1.82, 2.24) is 5.32 Å². The van der Waals surface area contributed by atoms with Crippen molar-refractivity contribution in [1.29, 1.82) is 0 Å². The molecule has 0 heterocycles. The van der Waals surface area contributed by atoms with Gasteiger partial charge in [0.05, 0.1) is 0 Å². The Morgan fingerprint density at radius 3 is 3.05 bits per heavy atom. The van der Waals surface area contributed by atoms with Crippen LogP contribution in [0, 0.1) is 11.7 Å². The largest absolute Gasteiger partial charge is 0.480 e. The summed E-state index contributed by atoms with van der Waals surface area (Å²) in [7, 11) is 0. The van der Waals surface area contributed by atoms with Gasteiger partial charge in [0.2, 0.25) is 0 Å². The number of carboxylic acid groups (broad SMARTS) is 1. The van der Waals surface area contributed by atoms with E-state index in [1.54, 1.807) is 17.8 Å². The zero-order chi connectivity index (χ0) is 15.3. The predicted octanol–water partition coefficient (Wildman–Crippen LogP) is 3.54. The smallest absolute Gasteiger partial charge is 0.324 e. The lowest BCUT2D eigenvalue weighted by atomic mass is 9.85. The molecule has 1 saturated carbocycles. The van der Waals surface area contributed by atoms with Crippen molar-refractivity contribution in [2.75, 3.05) is 12.3 Å². The summed E-state index contributed by atoms with van der Waals surface area (Å²) >= 11 is 1.59. The Kier molecular flexibility index (Phi) is 5.65. The Morgan fingerprint density at radius 1 is 1.57 bits per heavy atom. The Balaban J connectivity index is 1.93. The van der Waals surface area contributed by atoms with E-state index in [2.05, 4.69) is 5.32 Å². The number of aliphatic carboxylic acids is 1. The Morgan fingerprint density at radius 2 is 2.38 bits per heavy atom. The van der Waals surface area contributed by atoms with Gasteiger partial charge < -0.3 is 10.4 Å². The molecule has 1 aromatic rings. The van der Waals surface area contributed by atoms with Gasteiger partial charge in [0.15, 0.2) is 0 Å². The molecule has 0 aliphatic heterocycles. The molecule has 1 aliphatic rings. The third-order valence-corrected chi connectivity index (χ3v) is 5.25. The average molecular weight is 311 g/mol. The minimum absolute atomic E-state index is 0.149. The summed E-state index contributed by atoms with van der Waals surface area (Å²) < 4.78 is 13.1. The summed E-state index contributed by atoms with van der Waals surface area (Å²) in [5.41, 5.74) is -0.767. The summed E-state index contributed by atoms with van der Waals surface area (Å²) in [4.78, 5) is 12.6. The molecule has 116 valence electrons. The van der Waals surface area contributed by atoms with E-state index in [1.807, 2.05) is 13.0 Å². The second kappa shape index (κ2) is 7.27. The molecule has 2 unspecified atom stereocenters. The first-order chi connectivity index (χ1) is 10.1. The van der Waals surface area contributed by atoms with Crippen molar-refractivity contribution < 1.29 is 14.3 Å². The van der Waals surface area contributed by atoms with Crippen molar-refractivity contribution >= 4 is 17.7 Å². The van der Waals surface area contributed by atoms with Crippen molar-refractivity contribution in [3.05, 3.63) is 30.1 Å². The fraction of sp³-hybridized carbons (Fsp3) is 0.562. The van der Waals surface area contributed by atoms with E-state index in [1.165, 1.54) is 12.1 Å². The summed E-state index contributed by atoms with van der Waals surface area (Å²) in [6.45, 7) is 2.61. The standard InChI is InChI=1S/C16H22FNO2S/c1-2-18-16(15(19)20)9-4-5-12(16)8-10-21-14-7-3-6-13(17)11-14/h3,6-7,11-12,18H,2,4-5,8-10H2,1H3,(H,19,20). The van der Waals surface area contributed by atoms with E-state index in [9.17, 15) is 14.3 Å². The van der Waals surface area contributed by atoms with Gasteiger partial charge in [0.1, 0.15) is 11.4 Å². The molecule has 5 heteroatoms. The zero-order valence-corrected chi connectivity index (χ0v) is 13.1. The van der Waals surface area contributed by atoms with Crippen molar-refractivity contribution in [2.24, 2.45) is 5.92 Å². The molecule has 1 fully saturated rings. The quantitative estimate of drug-likeness (QED) is 0.756. The van der Waals surface area contributed by atoms with Gasteiger partial charge in [-0.15, -0.1) is 11.8 Å². The maximum absolute atomic E-state index is 13.1. The first-order valence-electron chi connectivity index (χ1n) is 7.45. The van der Waals surface area contributed by atoms with Crippen LogP contribution in [0.1, 0.15) is 32.6 Å². The van der Waals surface area contributed by atoms with Crippen LogP contribution in [0.25, 0.3) is 0 Å². The number of nitrogens with one attached hydrogen (secondary N) is 1. The number of rotatable bonds is 7. The second-order valence-corrected chi connectivity index (χ2v) is 6.66. The van der Waals surface area contributed by atoms with Gasteiger partial charge in [0.25, 0.3) is 0 Å². The fourth-order valence-corrected chi connectivity index (χ4v) is 4.26. The fourth-order valence-electron chi connectivity index (χ4n) is 3.25. The van der Waals surface area contributed by atoms with Crippen LogP contribution in [-0.2, 0) is 4.79 Å². The van der Waals surface area contributed by atoms with E-state index >= 15 is 0 Å². The lowest BCUT2D eigenvalue weighted by Crippen LogP contribution is -2.54. The predicted molar refractivity (Wildman–Crippen MR) is 83.1 cm³/mol. The molecule has 21 heavy (non-hydrogen) atoms. The number of halogens is 1. The van der Waals surface area contributed by atoms with Crippen molar-refractivity contribution in [3.8, 4) is 0 Å². The molecule has 1 aliphatic carbocycles. The summed E-state index contributed by atoms with van der Waals surface area (Å²) in [6, 6.07) is 6.54. The van der Waals surface area contributed by atoms with Gasteiger partial charge in [0, 0.05) is 4.90 Å². The maximum atomic E-state index is 13.1. The minimum atomic E-state index is -0.767. The first kappa shape index (κ1) is 16.3. The van der Waals surface area contributed by atoms with Crippen LogP contribution >= 0.6 is 11.8 Å². The van der Waals surface area contributed by atoms with Gasteiger partial charge in [-0.3, -0.25) is 4.79 Å². The van der Waals surface area contributed by atoms with Crippen LogP contribution in [0.3, 0.4) is 0 Å². The molecule has 0 amide bonds. The van der Waals surface area contributed by atoms with Gasteiger partial charge in [-0.25, -0.2) is 4.39 Å². The number of thioether (sulfide) groups is 1. The molecular weight excluding hydrogens is 289 g/mol. The molecule has 2 N–H and O–H groups in total. The molecule has 0 bridgehead atoms. The maximum Gasteiger partial charge on any atom is 0.324 e. The summed E-state index contributed by atoms with van der Waals surface area (Å²) in [5.74, 6) is 0.00108. The van der Waals surface area contributed by atoms with E-state index in [4.69, 9.17) is 0 Å². The van der Waals surface area contributed by atoms with Gasteiger partial charge >= 0.3 is 5.97 Å². The monoisotopic (exact) mass is 311 g/mol. The topological polar surface area (TPSA) is 49.3 Å². The molecule has 3 nitrogen and oxygen atoms in total. The molecule has 0 aromatic heterocycles. The van der Waals surface area contributed by atoms with Crippen LogP contribution in [0.4, 0.5) is 4.39 Å². The van der Waals surface area contributed by atoms with Crippen LogP contribution in [-0.4, -0.2) is 28.9 Å². The van der Waals surface area contributed by atoms with E-state index in [0.717, 1.165) is 29.9 Å². The van der Waals surface area contributed by atoms with Crippen LogP contribution < -0.4 is 5.32 Å². The van der Waals surface area contributed by atoms with Crippen LogP contribution in [0.15, 0.2) is 29.2 Å². The minimum Gasteiger partial charge on any atom is -0.480 e. The van der Waals surface area contributed by atoms with Crippen LogP contribution in [0.2, 0.25) is 0 Å². The highest BCUT2D eigenvalue weighted by Crippen LogP contribution is 2.39. The number of hydrogen-bond donors (Lipinski definition) is 2. The highest BCUT2D eigenvalue weighted by atomic mass is 32.2. The number of carbonyl (C=O) groups is 1. The number of benzene rings is 1. The van der Waals surface area contributed by atoms with Crippen LogP contribution in [0.5, 0.6) is 0 Å². The molecule has 0 radical (unpaired) electrons. The summed E-state index contributed by atoms with van der Waals surface area (Å²) in [5, 5.41) is 12.8. The Hall–Kier alpha value is -1.07. The highest BCUT2D eigenvalue weighted by Gasteiger charge is 2.48. The van der Waals surface area contributed by atoms with Gasteiger partial charge in [-0.2, -0.15) is 0 Å². The second-order valence-electron chi connectivity index (χ2n) is 5.49. The molecule has 2 rings (SSSR count). The molecule has 0 spiro atoms. The van der Waals surface area contributed by atoms with E-state index in [-0.39, 0.29) is 11.7 Å². The molecule has 1 aromatic carbocycles. The Bertz CT molecular complexity index is 497. The lowest BCUT2D eigenvalue weighted by molar-refractivity contribution is -0.146. The number of hydrogen-bond acceptors (Lipinski definition) is 3. The molecule has 2 atom stereocenters. The summed E-state index contributed by atoms with van der Waals surface area (Å²) in [6.07, 6.45) is 3.43. The Labute approximate surface area is 129 Å². The van der Waals surface area contributed by atoms with E-state index in [0.29, 0.717) is 13.0 Å². The van der Waals surface area contributed by atoms with Gasteiger partial charge in [-0.1, -0.05) is 19.4 Å². The number of carboxylic acids is 1. The highest BCUT2D eigenvalue weighted by molar-refractivity contribution is 7.99. The third kappa shape index (κ3) is 3.77. The van der Waals surface area contributed by atoms with Crippen molar-refractivity contribution in [2.45, 2.75) is 43.0 Å². The molecule has 0 saturated heterocycles.